The van der Waals surface area contributed by atoms with Gasteiger partial charge in [0.25, 0.3) is 5.91 Å². The molecule has 1 aromatic carbocycles. The van der Waals surface area contributed by atoms with E-state index >= 15 is 0 Å². The Hall–Kier alpha value is -3.15. The predicted molar refractivity (Wildman–Crippen MR) is 101 cm³/mol. The summed E-state index contributed by atoms with van der Waals surface area (Å²) in [5.74, 6) is 1.03. The molecule has 130 valence electrons. The van der Waals surface area contributed by atoms with Crippen LogP contribution in [0.3, 0.4) is 0 Å². The molecule has 4 bridgehead atoms. The lowest BCUT2D eigenvalue weighted by atomic mass is 9.94. The molecular weight excluding hydrogens is 326 g/mol. The maximum absolute atomic E-state index is 12.3. The van der Waals surface area contributed by atoms with Crippen LogP contribution in [0, 0.1) is 6.92 Å². The Morgan fingerprint density at radius 1 is 1.12 bits per heavy atom. The molecule has 3 aromatic rings. The molecule has 1 amide bonds. The lowest BCUT2D eigenvalue weighted by molar-refractivity contribution is 0.0940. The number of carbonyl (C=O) groups excluding carboxylic acids is 1. The monoisotopic (exact) mass is 345 g/mol. The van der Waals surface area contributed by atoms with Crippen LogP contribution in [0.1, 0.15) is 34.1 Å². The van der Waals surface area contributed by atoms with Crippen LogP contribution < -0.4 is 10.6 Å². The van der Waals surface area contributed by atoms with Crippen molar-refractivity contribution >= 4 is 22.8 Å². The Morgan fingerprint density at radius 3 is 2.96 bits per heavy atom. The topological polar surface area (TPSA) is 82.7 Å². The van der Waals surface area contributed by atoms with Crippen LogP contribution in [0.4, 0.5) is 5.82 Å². The highest BCUT2D eigenvalue weighted by Gasteiger charge is 2.28. The van der Waals surface area contributed by atoms with Gasteiger partial charge in [-0.15, -0.1) is 0 Å². The van der Waals surface area contributed by atoms with E-state index < -0.39 is 0 Å². The Kier molecular flexibility index (Phi) is 3.31. The molecule has 1 unspecified atom stereocenters. The summed E-state index contributed by atoms with van der Waals surface area (Å²) in [5.41, 5.74) is 6.18. The largest absolute Gasteiger partial charge is 0.365 e. The van der Waals surface area contributed by atoms with E-state index in [1.807, 2.05) is 31.2 Å². The zero-order valence-electron chi connectivity index (χ0n) is 14.5. The van der Waals surface area contributed by atoms with Gasteiger partial charge in [0.2, 0.25) is 0 Å². The third-order valence-electron chi connectivity index (χ3n) is 5.14. The number of aromatic amines is 1. The summed E-state index contributed by atoms with van der Waals surface area (Å²) < 4.78 is 0. The van der Waals surface area contributed by atoms with E-state index in [0.29, 0.717) is 13.1 Å². The molecule has 2 aliphatic rings. The number of aromatic nitrogens is 3. The maximum atomic E-state index is 12.3. The van der Waals surface area contributed by atoms with Gasteiger partial charge in [0.1, 0.15) is 11.3 Å². The molecule has 0 aliphatic carbocycles. The number of rotatable bonds is 0. The van der Waals surface area contributed by atoms with Crippen LogP contribution in [0.5, 0.6) is 0 Å². The van der Waals surface area contributed by atoms with Crippen molar-refractivity contribution in [1.29, 1.82) is 0 Å². The van der Waals surface area contributed by atoms with E-state index in [1.54, 1.807) is 0 Å². The zero-order valence-corrected chi connectivity index (χ0v) is 14.5. The first-order valence-electron chi connectivity index (χ1n) is 8.88. The number of nitrogens with one attached hydrogen (secondary N) is 3. The quantitative estimate of drug-likeness (QED) is 0.547. The Bertz CT molecular complexity index is 1070. The molecular formula is C20H19N5O. The van der Waals surface area contributed by atoms with E-state index in [0.717, 1.165) is 51.5 Å². The van der Waals surface area contributed by atoms with Crippen molar-refractivity contribution in [2.45, 2.75) is 19.3 Å². The first-order chi connectivity index (χ1) is 12.7. The normalized spacial score (nSPS) is 18.7. The highest BCUT2D eigenvalue weighted by molar-refractivity contribution is 6.00. The van der Waals surface area contributed by atoms with Crippen molar-refractivity contribution in [2.75, 3.05) is 18.4 Å². The number of allylic oxidation sites excluding steroid dienone is 1. The minimum atomic E-state index is -0.0145. The number of nitrogens with zero attached hydrogens (tertiary/aromatic N) is 2. The number of fused-ring (bicyclic) bond motifs is 3. The summed E-state index contributed by atoms with van der Waals surface area (Å²) in [6.07, 6.45) is 5.14. The zero-order chi connectivity index (χ0) is 17.7. The molecule has 3 N–H and O–H groups in total. The average Bonchev–Trinajstić information content (AvgIpc) is 3.09. The van der Waals surface area contributed by atoms with Crippen LogP contribution >= 0.6 is 0 Å². The second-order valence-electron chi connectivity index (χ2n) is 6.84. The minimum Gasteiger partial charge on any atom is -0.365 e. The fraction of sp³-hybridized carbons (Fsp3) is 0.250. The third kappa shape index (κ3) is 2.29. The van der Waals surface area contributed by atoms with Crippen LogP contribution in [-0.4, -0.2) is 33.9 Å². The second kappa shape index (κ2) is 5.69. The van der Waals surface area contributed by atoms with E-state index in [1.165, 1.54) is 0 Å². The first-order valence-corrected chi connectivity index (χ1v) is 8.88. The molecule has 6 nitrogen and oxygen atoms in total. The van der Waals surface area contributed by atoms with Gasteiger partial charge in [-0.05, 0) is 25.5 Å². The number of hydrogen-bond donors (Lipinski definition) is 3. The molecule has 26 heavy (non-hydrogen) atoms. The summed E-state index contributed by atoms with van der Waals surface area (Å²) in [5, 5.41) is 6.36. The molecule has 5 rings (SSSR count). The van der Waals surface area contributed by atoms with Crippen LogP contribution in [-0.2, 0) is 0 Å². The number of anilines is 1. The molecule has 0 spiro atoms. The summed E-state index contributed by atoms with van der Waals surface area (Å²) >= 11 is 0. The van der Waals surface area contributed by atoms with Crippen molar-refractivity contribution < 1.29 is 4.79 Å². The average molecular weight is 345 g/mol. The Labute approximate surface area is 150 Å². The highest BCUT2D eigenvalue weighted by Crippen LogP contribution is 2.34. The van der Waals surface area contributed by atoms with Gasteiger partial charge in [0.05, 0.1) is 16.8 Å². The third-order valence-corrected chi connectivity index (χ3v) is 5.14. The van der Waals surface area contributed by atoms with Gasteiger partial charge < -0.3 is 15.6 Å². The molecule has 2 aliphatic heterocycles. The van der Waals surface area contributed by atoms with Crippen molar-refractivity contribution in [1.82, 2.24) is 20.3 Å². The fourth-order valence-corrected chi connectivity index (χ4v) is 3.79. The van der Waals surface area contributed by atoms with Gasteiger partial charge in [-0.3, -0.25) is 4.79 Å². The molecule has 6 heteroatoms. The number of amides is 1. The van der Waals surface area contributed by atoms with Gasteiger partial charge >= 0.3 is 0 Å². The smallest absolute Gasteiger partial charge is 0.253 e. The van der Waals surface area contributed by atoms with E-state index in [9.17, 15) is 4.79 Å². The first kappa shape index (κ1) is 15.1. The van der Waals surface area contributed by atoms with E-state index in [2.05, 4.69) is 27.8 Å². The lowest BCUT2D eigenvalue weighted by Gasteiger charge is -2.21. The number of aryl methyl sites for hydroxylation is 1. The summed E-state index contributed by atoms with van der Waals surface area (Å²) in [4.78, 5) is 25.4. The Balaban J connectivity index is 1.79. The summed E-state index contributed by atoms with van der Waals surface area (Å²) in [7, 11) is 0. The number of hydrogen-bond acceptors (Lipinski definition) is 4. The van der Waals surface area contributed by atoms with Crippen molar-refractivity contribution in [2.24, 2.45) is 0 Å². The minimum absolute atomic E-state index is 0.0145. The summed E-state index contributed by atoms with van der Waals surface area (Å²) in [6, 6.07) is 7.92. The summed E-state index contributed by atoms with van der Waals surface area (Å²) in [6.45, 7) is 3.32. The molecule has 0 fully saturated rings. The SMILES string of the molecule is Cc1nc2cccc3c2nc1NCC=CCC1CNC(=O)c2cc-3[nH]c21. The van der Waals surface area contributed by atoms with Gasteiger partial charge in [0.15, 0.2) is 0 Å². The van der Waals surface area contributed by atoms with Crippen molar-refractivity contribution in [3.63, 3.8) is 0 Å². The van der Waals surface area contributed by atoms with Gasteiger partial charge in [0, 0.05) is 36.0 Å². The maximum Gasteiger partial charge on any atom is 0.253 e. The number of benzene rings is 1. The number of para-hydroxylation sites is 1. The van der Waals surface area contributed by atoms with Crippen molar-refractivity contribution in [3.05, 3.63) is 53.4 Å². The van der Waals surface area contributed by atoms with Crippen molar-refractivity contribution in [3.8, 4) is 11.3 Å². The van der Waals surface area contributed by atoms with Crippen LogP contribution in [0.2, 0.25) is 0 Å². The second-order valence-corrected chi connectivity index (χ2v) is 6.84. The molecule has 0 saturated carbocycles. The number of H-pyrrole nitrogens is 1. The highest BCUT2D eigenvalue weighted by atomic mass is 16.1. The fourth-order valence-electron chi connectivity index (χ4n) is 3.79. The lowest BCUT2D eigenvalue weighted by Crippen LogP contribution is -2.34. The molecule has 4 heterocycles. The van der Waals surface area contributed by atoms with Gasteiger partial charge in [-0.25, -0.2) is 9.97 Å². The predicted octanol–water partition coefficient (Wildman–Crippen LogP) is 3.13. The van der Waals surface area contributed by atoms with Crippen LogP contribution in [0.25, 0.3) is 22.3 Å². The Morgan fingerprint density at radius 2 is 2.04 bits per heavy atom. The van der Waals surface area contributed by atoms with Crippen LogP contribution in [0.15, 0.2) is 36.4 Å². The molecule has 2 aromatic heterocycles. The number of carbonyl (C=O) groups is 1. The van der Waals surface area contributed by atoms with Gasteiger partial charge in [-0.2, -0.15) is 0 Å². The van der Waals surface area contributed by atoms with E-state index in [4.69, 9.17) is 9.97 Å². The van der Waals surface area contributed by atoms with E-state index in [-0.39, 0.29) is 11.8 Å². The van der Waals surface area contributed by atoms with Gasteiger partial charge in [-0.1, -0.05) is 24.3 Å². The molecule has 0 radical (unpaired) electrons. The molecule has 1 atom stereocenters. The standard InChI is InChI=1S/C20H19N5O/c1-11-19-21-8-3-2-5-12-10-22-20(26)14-9-16(24-17(12)14)13-6-4-7-15(23-11)18(13)25-19/h2-4,6-7,9,12,24H,5,8,10H2,1H3,(H,21,25)(H,22,26). The molecule has 0 saturated heterocycles.